The maximum Gasteiger partial charge on any atom is 0.191 e. The monoisotopic (exact) mass is 366 g/mol. The van der Waals surface area contributed by atoms with Gasteiger partial charge < -0.3 is 14.7 Å². The number of hydrogen-bond donors (Lipinski definition) is 1. The normalized spacial score (nSPS) is 13.0. The molecule has 1 aliphatic rings. The van der Waals surface area contributed by atoms with E-state index in [9.17, 15) is 9.50 Å². The van der Waals surface area contributed by atoms with E-state index in [1.54, 1.807) is 18.3 Å². The highest BCUT2D eigenvalue weighted by atomic mass is 79.9. The Morgan fingerprint density at radius 2 is 2.09 bits per heavy atom. The SMILES string of the molecule is COc1cc2c(cc1O)=NCN(Oc1ccc(Br)cc1F)C=2. The zero-order valence-corrected chi connectivity index (χ0v) is 13.2. The first-order chi connectivity index (χ1) is 10.6. The van der Waals surface area contributed by atoms with Crippen molar-refractivity contribution in [1.82, 2.24) is 5.06 Å². The number of ether oxygens (including phenoxy) is 1. The third-order valence-corrected chi connectivity index (χ3v) is 3.59. The largest absolute Gasteiger partial charge is 0.504 e. The highest BCUT2D eigenvalue weighted by Gasteiger charge is 2.12. The third-order valence-electron chi connectivity index (χ3n) is 3.10. The fraction of sp³-hybridized carbons (Fsp3) is 0.133. The van der Waals surface area contributed by atoms with Gasteiger partial charge in [-0.25, -0.2) is 4.39 Å². The van der Waals surface area contributed by atoms with Crippen molar-refractivity contribution < 1.29 is 19.1 Å². The van der Waals surface area contributed by atoms with Gasteiger partial charge in [0.2, 0.25) is 0 Å². The molecular formula is C15H12BrFN2O3. The van der Waals surface area contributed by atoms with Crippen LogP contribution in [0.15, 0.2) is 39.8 Å². The van der Waals surface area contributed by atoms with E-state index in [1.807, 2.05) is 0 Å². The molecule has 114 valence electrons. The van der Waals surface area contributed by atoms with Crippen LogP contribution in [-0.4, -0.2) is 23.9 Å². The van der Waals surface area contributed by atoms with Gasteiger partial charge in [0.1, 0.15) is 6.67 Å². The molecule has 0 saturated heterocycles. The molecule has 0 radical (unpaired) electrons. The molecule has 0 aliphatic carbocycles. The molecule has 0 aromatic heterocycles. The van der Waals surface area contributed by atoms with E-state index < -0.39 is 5.82 Å². The van der Waals surface area contributed by atoms with Crippen LogP contribution in [0, 0.1) is 5.82 Å². The Morgan fingerprint density at radius 3 is 2.82 bits per heavy atom. The molecule has 7 heteroatoms. The Hall–Kier alpha value is -2.28. The lowest BCUT2D eigenvalue weighted by Gasteiger charge is -2.21. The summed E-state index contributed by atoms with van der Waals surface area (Å²) in [5, 5.41) is 12.5. The summed E-state index contributed by atoms with van der Waals surface area (Å²) in [6.07, 6.45) is 1.67. The number of halogens is 2. The molecule has 0 bridgehead atoms. The first-order valence-electron chi connectivity index (χ1n) is 6.40. The number of methoxy groups -OCH3 is 1. The van der Waals surface area contributed by atoms with Crippen molar-refractivity contribution in [3.63, 3.8) is 0 Å². The van der Waals surface area contributed by atoms with Crippen LogP contribution < -0.4 is 20.2 Å². The fourth-order valence-corrected chi connectivity index (χ4v) is 2.38. The maximum absolute atomic E-state index is 13.8. The first kappa shape index (κ1) is 14.6. The Bertz CT molecular complexity index is 841. The molecule has 3 rings (SSSR count). The Balaban J connectivity index is 1.92. The predicted molar refractivity (Wildman–Crippen MR) is 81.3 cm³/mol. The maximum atomic E-state index is 13.8. The molecule has 0 saturated carbocycles. The lowest BCUT2D eigenvalue weighted by molar-refractivity contribution is 0.00914. The lowest BCUT2D eigenvalue weighted by atomic mass is 10.2. The van der Waals surface area contributed by atoms with Crippen LogP contribution in [0.3, 0.4) is 0 Å². The Labute approximate surface area is 134 Å². The molecule has 1 N–H and O–H groups in total. The molecule has 0 atom stereocenters. The number of nitrogens with zero attached hydrogens (tertiary/aromatic N) is 2. The van der Waals surface area contributed by atoms with Gasteiger partial charge in [-0.1, -0.05) is 15.9 Å². The minimum atomic E-state index is -0.475. The number of phenolic OH excluding ortho intramolecular Hbond substituents is 1. The smallest absolute Gasteiger partial charge is 0.191 e. The predicted octanol–water partition coefficient (Wildman–Crippen LogP) is 1.93. The average Bonchev–Trinajstić information content (AvgIpc) is 2.49. The quantitative estimate of drug-likeness (QED) is 0.901. The van der Waals surface area contributed by atoms with Crippen molar-refractivity contribution in [2.45, 2.75) is 0 Å². The van der Waals surface area contributed by atoms with Gasteiger partial charge in [-0.2, -0.15) is 5.06 Å². The second-order valence-corrected chi connectivity index (χ2v) is 5.51. The summed E-state index contributed by atoms with van der Waals surface area (Å²) in [6.45, 7) is 0.189. The van der Waals surface area contributed by atoms with E-state index in [2.05, 4.69) is 20.9 Å². The standard InChI is InChI=1S/C15H12BrFN2O3/c1-21-15-4-9-7-19(8-18-12(9)6-13(15)20)22-14-3-2-10(16)5-11(14)17/h2-7,20H,8H2,1H3. The molecule has 5 nitrogen and oxygen atoms in total. The number of hydroxylamine groups is 2. The van der Waals surface area contributed by atoms with Crippen molar-refractivity contribution in [1.29, 1.82) is 0 Å². The molecule has 0 amide bonds. The van der Waals surface area contributed by atoms with Crippen LogP contribution in [0.25, 0.3) is 6.20 Å². The number of hydrogen-bond acceptors (Lipinski definition) is 5. The van der Waals surface area contributed by atoms with Crippen molar-refractivity contribution >= 4 is 22.1 Å². The van der Waals surface area contributed by atoms with Crippen molar-refractivity contribution in [2.75, 3.05) is 13.8 Å². The Kier molecular flexibility index (Phi) is 3.89. The van der Waals surface area contributed by atoms with E-state index >= 15 is 0 Å². The van der Waals surface area contributed by atoms with Gasteiger partial charge >= 0.3 is 0 Å². The summed E-state index contributed by atoms with van der Waals surface area (Å²) in [7, 11) is 1.47. The molecule has 2 aromatic rings. The van der Waals surface area contributed by atoms with E-state index in [4.69, 9.17) is 9.57 Å². The van der Waals surface area contributed by atoms with Gasteiger partial charge in [0.25, 0.3) is 0 Å². The number of rotatable bonds is 3. The summed E-state index contributed by atoms with van der Waals surface area (Å²) in [4.78, 5) is 9.76. The number of phenols is 1. The number of aromatic hydroxyl groups is 1. The average molecular weight is 367 g/mol. The lowest BCUT2D eigenvalue weighted by Crippen LogP contribution is -2.37. The van der Waals surface area contributed by atoms with E-state index in [0.29, 0.717) is 20.8 Å². The zero-order chi connectivity index (χ0) is 15.7. The molecule has 0 fully saturated rings. The third kappa shape index (κ3) is 2.85. The van der Waals surface area contributed by atoms with Crippen molar-refractivity contribution in [3.05, 3.63) is 51.2 Å². The molecular weight excluding hydrogens is 355 g/mol. The summed E-state index contributed by atoms with van der Waals surface area (Å²) >= 11 is 3.19. The van der Waals surface area contributed by atoms with E-state index in [-0.39, 0.29) is 18.2 Å². The van der Waals surface area contributed by atoms with Crippen LogP contribution >= 0.6 is 15.9 Å². The van der Waals surface area contributed by atoms with Gasteiger partial charge in [0.05, 0.1) is 18.7 Å². The van der Waals surface area contributed by atoms with Gasteiger partial charge in [0, 0.05) is 15.8 Å². The molecule has 22 heavy (non-hydrogen) atoms. The minimum absolute atomic E-state index is 0.0201. The summed E-state index contributed by atoms with van der Waals surface area (Å²) in [5.74, 6) is -0.0192. The van der Waals surface area contributed by atoms with E-state index in [0.717, 1.165) is 0 Å². The fourth-order valence-electron chi connectivity index (χ4n) is 2.05. The summed E-state index contributed by atoms with van der Waals surface area (Å²) in [5.41, 5.74) is 0. The van der Waals surface area contributed by atoms with Crippen LogP contribution in [0.5, 0.6) is 17.2 Å². The van der Waals surface area contributed by atoms with Crippen molar-refractivity contribution in [2.24, 2.45) is 4.99 Å². The highest BCUT2D eigenvalue weighted by molar-refractivity contribution is 9.10. The highest BCUT2D eigenvalue weighted by Crippen LogP contribution is 2.23. The second kappa shape index (κ2) is 5.84. The van der Waals surface area contributed by atoms with E-state index in [1.165, 1.54) is 30.4 Å². The molecule has 0 unspecified atom stereocenters. The van der Waals surface area contributed by atoms with Crippen LogP contribution in [0.4, 0.5) is 4.39 Å². The topological polar surface area (TPSA) is 54.3 Å². The van der Waals surface area contributed by atoms with Crippen molar-refractivity contribution in [3.8, 4) is 17.2 Å². The molecule has 1 heterocycles. The minimum Gasteiger partial charge on any atom is -0.504 e. The van der Waals surface area contributed by atoms with Gasteiger partial charge in [-0.3, -0.25) is 4.99 Å². The number of fused-ring (bicyclic) bond motifs is 1. The second-order valence-electron chi connectivity index (χ2n) is 4.59. The summed E-state index contributed by atoms with van der Waals surface area (Å²) in [6, 6.07) is 7.70. The molecule has 0 spiro atoms. The summed E-state index contributed by atoms with van der Waals surface area (Å²) < 4.78 is 19.5. The van der Waals surface area contributed by atoms with Gasteiger partial charge in [0.15, 0.2) is 23.1 Å². The van der Waals surface area contributed by atoms with Gasteiger partial charge in [-0.05, 0) is 24.3 Å². The Morgan fingerprint density at radius 1 is 1.27 bits per heavy atom. The zero-order valence-electron chi connectivity index (χ0n) is 11.6. The van der Waals surface area contributed by atoms with Crippen LogP contribution in [0.2, 0.25) is 0 Å². The van der Waals surface area contributed by atoms with Crippen LogP contribution in [0.1, 0.15) is 0 Å². The molecule has 2 aromatic carbocycles. The first-order valence-corrected chi connectivity index (χ1v) is 7.19. The van der Waals surface area contributed by atoms with Crippen LogP contribution in [-0.2, 0) is 0 Å². The number of benzene rings is 2. The molecule has 1 aliphatic heterocycles. The van der Waals surface area contributed by atoms with Gasteiger partial charge in [-0.15, -0.1) is 0 Å².